The lowest BCUT2D eigenvalue weighted by Gasteiger charge is -2.35. The van der Waals surface area contributed by atoms with Gasteiger partial charge in [0, 0.05) is 56.4 Å². The molecule has 4 heterocycles. The molecule has 3 aromatic rings. The maximum atomic E-state index is 13.3. The Morgan fingerprint density at radius 3 is 1.87 bits per heavy atom. The van der Waals surface area contributed by atoms with E-state index >= 15 is 0 Å². The quantitative estimate of drug-likeness (QED) is 0.423. The lowest BCUT2D eigenvalue weighted by molar-refractivity contribution is 0.0663. The number of hydrogen-bond donors (Lipinski definition) is 1. The molecule has 3 aliphatic rings. The zero-order valence-corrected chi connectivity index (χ0v) is 26.0. The fourth-order valence-corrected chi connectivity index (χ4v) is 6.05. The molecule has 3 amide bonds. The van der Waals surface area contributed by atoms with Gasteiger partial charge in [-0.2, -0.15) is 15.0 Å². The molecule has 3 saturated heterocycles. The number of carbonyl (C=O) groups excluding carboxylic acids is 2. The van der Waals surface area contributed by atoms with Gasteiger partial charge >= 0.3 is 6.03 Å². The molecule has 0 saturated carbocycles. The topological polar surface area (TPSA) is 133 Å². The number of rotatable bonds is 7. The van der Waals surface area contributed by atoms with Crippen LogP contribution in [-0.2, 0) is 9.47 Å². The summed E-state index contributed by atoms with van der Waals surface area (Å²) in [7, 11) is 4.16. The van der Waals surface area contributed by atoms with Gasteiger partial charge in [-0.15, -0.1) is 0 Å². The van der Waals surface area contributed by atoms with Crippen LogP contribution in [0.1, 0.15) is 23.2 Å². The van der Waals surface area contributed by atoms with Crippen molar-refractivity contribution in [2.75, 3.05) is 94.5 Å². The monoisotopic (exact) mass is 615 g/mol. The first-order valence-corrected chi connectivity index (χ1v) is 15.6. The highest BCUT2D eigenvalue weighted by molar-refractivity contribution is 6.02. The molecule has 2 N–H and O–H groups in total. The van der Waals surface area contributed by atoms with E-state index in [1.165, 1.54) is 4.90 Å². The molecule has 3 aliphatic heterocycles. The van der Waals surface area contributed by atoms with E-state index in [-0.39, 0.29) is 5.91 Å². The summed E-state index contributed by atoms with van der Waals surface area (Å²) < 4.78 is 11.1. The van der Waals surface area contributed by atoms with E-state index in [1.54, 1.807) is 24.3 Å². The van der Waals surface area contributed by atoms with Crippen molar-refractivity contribution in [1.29, 1.82) is 0 Å². The summed E-state index contributed by atoms with van der Waals surface area (Å²) in [5, 5.41) is 0. The number of aromatic nitrogens is 3. The van der Waals surface area contributed by atoms with Crippen LogP contribution in [0.2, 0.25) is 0 Å². The number of primary amides is 1. The molecule has 0 spiro atoms. The highest BCUT2D eigenvalue weighted by atomic mass is 16.5. The summed E-state index contributed by atoms with van der Waals surface area (Å²) in [5.74, 6) is 1.54. The van der Waals surface area contributed by atoms with E-state index in [4.69, 9.17) is 30.2 Å². The normalized spacial score (nSPS) is 17.9. The van der Waals surface area contributed by atoms with Crippen molar-refractivity contribution in [3.05, 3.63) is 54.1 Å². The summed E-state index contributed by atoms with van der Waals surface area (Å²) in [4.78, 5) is 50.6. The molecule has 0 atom stereocenters. The Hall–Kier alpha value is -4.33. The smallest absolute Gasteiger partial charge is 0.323 e. The molecule has 0 radical (unpaired) electrons. The average molecular weight is 616 g/mol. The number of likely N-dealkylation sites (tertiary alicyclic amines) is 1. The maximum Gasteiger partial charge on any atom is 0.323 e. The van der Waals surface area contributed by atoms with Crippen LogP contribution in [0.15, 0.2) is 48.5 Å². The van der Waals surface area contributed by atoms with Crippen molar-refractivity contribution in [3.63, 3.8) is 0 Å². The first kappa shape index (κ1) is 30.7. The Morgan fingerprint density at radius 2 is 1.33 bits per heavy atom. The Bertz CT molecular complexity index is 1450. The van der Waals surface area contributed by atoms with Gasteiger partial charge in [0.05, 0.1) is 37.8 Å². The lowest BCUT2D eigenvalue weighted by atomic mass is 10.0. The molecule has 45 heavy (non-hydrogen) atoms. The maximum absolute atomic E-state index is 13.3. The molecule has 6 rings (SSSR count). The highest BCUT2D eigenvalue weighted by Gasteiger charge is 2.27. The van der Waals surface area contributed by atoms with Crippen LogP contribution in [0, 0.1) is 0 Å². The summed E-state index contributed by atoms with van der Waals surface area (Å²) in [5.41, 5.74) is 8.27. The van der Waals surface area contributed by atoms with Crippen LogP contribution in [0.25, 0.3) is 11.4 Å². The zero-order chi connectivity index (χ0) is 31.3. The van der Waals surface area contributed by atoms with Crippen LogP contribution in [-0.4, -0.2) is 123 Å². The number of ether oxygens (including phenoxy) is 2. The third kappa shape index (κ3) is 6.85. The van der Waals surface area contributed by atoms with Crippen LogP contribution < -0.4 is 20.4 Å². The van der Waals surface area contributed by atoms with Gasteiger partial charge in [-0.05, 0) is 63.3 Å². The van der Waals surface area contributed by atoms with Gasteiger partial charge in [-0.1, -0.05) is 12.1 Å². The number of anilines is 4. The van der Waals surface area contributed by atoms with Gasteiger partial charge in [0.25, 0.3) is 5.91 Å². The number of urea groups is 1. The fourth-order valence-electron chi connectivity index (χ4n) is 6.05. The van der Waals surface area contributed by atoms with Crippen LogP contribution >= 0.6 is 0 Å². The minimum Gasteiger partial charge on any atom is -0.378 e. The number of piperidine rings is 1. The lowest BCUT2D eigenvalue weighted by Crippen LogP contribution is -2.44. The summed E-state index contributed by atoms with van der Waals surface area (Å²) in [6.45, 7) is 6.46. The van der Waals surface area contributed by atoms with E-state index < -0.39 is 6.03 Å². The SMILES string of the molecule is CN(C)C1CCN(C(=O)c2ccc(N(C(N)=O)c3ccccc3-c3nc(N4CCOCC4)nc(N4CCOCC4)n3)cc2)CC1. The van der Waals surface area contributed by atoms with Crippen molar-refractivity contribution in [3.8, 4) is 11.4 Å². The second-order valence-electron chi connectivity index (χ2n) is 11.7. The van der Waals surface area contributed by atoms with Gasteiger partial charge in [-0.25, -0.2) is 4.79 Å². The van der Waals surface area contributed by atoms with Crippen molar-refractivity contribution < 1.29 is 19.1 Å². The first-order valence-electron chi connectivity index (χ1n) is 15.6. The second-order valence-corrected chi connectivity index (χ2v) is 11.7. The Kier molecular flexibility index (Phi) is 9.38. The van der Waals surface area contributed by atoms with E-state index in [9.17, 15) is 9.59 Å². The number of benzene rings is 2. The standard InChI is InChI=1S/C32H41N9O4/c1-37(2)24-11-13-38(14-12-24)29(42)23-7-9-25(10-8-23)41(30(33)43)27-6-4-3-5-26(27)28-34-31(39-15-19-44-20-16-39)36-32(35-28)40-17-21-45-22-18-40/h3-10,24H,11-22H2,1-2H3,(H2,33,43). The van der Waals surface area contributed by atoms with E-state index in [2.05, 4.69) is 28.8 Å². The van der Waals surface area contributed by atoms with Gasteiger partial charge in [-0.3, -0.25) is 9.69 Å². The molecular formula is C32H41N9O4. The van der Waals surface area contributed by atoms with Gasteiger partial charge in [0.1, 0.15) is 0 Å². The molecule has 0 aliphatic carbocycles. The number of morpholine rings is 2. The van der Waals surface area contributed by atoms with Crippen LogP contribution in [0.3, 0.4) is 0 Å². The van der Waals surface area contributed by atoms with E-state index in [0.717, 1.165) is 25.9 Å². The van der Waals surface area contributed by atoms with Crippen molar-refractivity contribution in [2.45, 2.75) is 18.9 Å². The van der Waals surface area contributed by atoms with E-state index in [0.29, 0.717) is 98.9 Å². The number of nitrogens with zero attached hydrogens (tertiary/aromatic N) is 8. The van der Waals surface area contributed by atoms with E-state index in [1.807, 2.05) is 29.2 Å². The third-order valence-corrected chi connectivity index (χ3v) is 8.66. The average Bonchev–Trinajstić information content (AvgIpc) is 3.09. The molecule has 13 nitrogen and oxygen atoms in total. The largest absolute Gasteiger partial charge is 0.378 e. The number of nitrogens with two attached hydrogens (primary N) is 1. The molecule has 238 valence electrons. The van der Waals surface area contributed by atoms with Gasteiger partial charge < -0.3 is 34.8 Å². The van der Waals surface area contributed by atoms with Crippen LogP contribution in [0.4, 0.5) is 28.1 Å². The first-order chi connectivity index (χ1) is 21.9. The minimum absolute atomic E-state index is 0.0127. The molecule has 1 aromatic heterocycles. The van der Waals surface area contributed by atoms with Gasteiger partial charge in [0.15, 0.2) is 5.82 Å². The molecule has 13 heteroatoms. The number of amides is 3. The molecular weight excluding hydrogens is 574 g/mol. The van der Waals surface area contributed by atoms with Gasteiger partial charge in [0.2, 0.25) is 11.9 Å². The zero-order valence-electron chi connectivity index (χ0n) is 26.0. The predicted molar refractivity (Wildman–Crippen MR) is 172 cm³/mol. The minimum atomic E-state index is -0.664. The summed E-state index contributed by atoms with van der Waals surface area (Å²) in [6, 6.07) is 14.3. The van der Waals surface area contributed by atoms with Crippen LogP contribution in [0.5, 0.6) is 0 Å². The summed E-state index contributed by atoms with van der Waals surface area (Å²) in [6.07, 6.45) is 1.89. The third-order valence-electron chi connectivity index (χ3n) is 8.66. The molecule has 3 fully saturated rings. The van der Waals surface area contributed by atoms with Crippen molar-refractivity contribution in [2.24, 2.45) is 5.73 Å². The molecule has 2 aromatic carbocycles. The Morgan fingerprint density at radius 1 is 0.778 bits per heavy atom. The van der Waals surface area contributed by atoms with Crippen molar-refractivity contribution >= 4 is 35.2 Å². The predicted octanol–water partition coefficient (Wildman–Crippen LogP) is 2.59. The Labute approximate surface area is 263 Å². The highest BCUT2D eigenvalue weighted by Crippen LogP contribution is 2.35. The summed E-state index contributed by atoms with van der Waals surface area (Å²) >= 11 is 0. The molecule has 0 bridgehead atoms. The number of hydrogen-bond acceptors (Lipinski definition) is 10. The fraction of sp³-hybridized carbons (Fsp3) is 0.469. The number of para-hydroxylation sites is 1. The van der Waals surface area contributed by atoms with Crippen molar-refractivity contribution in [1.82, 2.24) is 24.8 Å². The molecule has 0 unspecified atom stereocenters. The second kappa shape index (κ2) is 13.8. The number of carbonyl (C=O) groups is 2. The Balaban J connectivity index is 1.31.